The fraction of sp³-hybridized carbons (Fsp3) is 0.235. The van der Waals surface area contributed by atoms with Crippen molar-refractivity contribution >= 4 is 34.0 Å². The summed E-state index contributed by atoms with van der Waals surface area (Å²) in [5.74, 6) is 0.348. The molecule has 0 saturated carbocycles. The molecule has 5 aromatic rings. The van der Waals surface area contributed by atoms with Crippen LogP contribution in [0.4, 0.5) is 17.2 Å². The SMILES string of the molecule is Cc1c(-c2cc(Nc3ccc(C(=O)N4CCOCC4)cn3)c(=O)n(C)c2)cccc1-c1c(C)n(C)c2cc(N)ccc2c1=O. The van der Waals surface area contributed by atoms with Crippen molar-refractivity contribution < 1.29 is 9.53 Å². The van der Waals surface area contributed by atoms with E-state index in [9.17, 15) is 14.4 Å². The van der Waals surface area contributed by atoms with Crippen molar-refractivity contribution in [2.75, 3.05) is 37.4 Å². The second-order valence-corrected chi connectivity index (χ2v) is 11.1. The maximum Gasteiger partial charge on any atom is 0.274 e. The van der Waals surface area contributed by atoms with Crippen LogP contribution in [0.15, 0.2) is 76.6 Å². The van der Waals surface area contributed by atoms with Gasteiger partial charge in [-0.25, -0.2) is 4.98 Å². The van der Waals surface area contributed by atoms with Crippen molar-refractivity contribution in [1.29, 1.82) is 0 Å². The molecule has 0 radical (unpaired) electrons. The smallest absolute Gasteiger partial charge is 0.274 e. The Labute approximate surface area is 254 Å². The van der Waals surface area contributed by atoms with Gasteiger partial charge in [0.05, 0.1) is 24.3 Å². The summed E-state index contributed by atoms with van der Waals surface area (Å²) in [4.78, 5) is 45.9. The number of fused-ring (bicyclic) bond motifs is 1. The molecule has 6 rings (SSSR count). The van der Waals surface area contributed by atoms with Gasteiger partial charge >= 0.3 is 0 Å². The van der Waals surface area contributed by atoms with Gasteiger partial charge in [0.25, 0.3) is 11.5 Å². The van der Waals surface area contributed by atoms with Crippen molar-refractivity contribution in [2.24, 2.45) is 14.1 Å². The van der Waals surface area contributed by atoms with Gasteiger partial charge in [0.15, 0.2) is 5.43 Å². The monoisotopic (exact) mass is 590 g/mol. The van der Waals surface area contributed by atoms with E-state index < -0.39 is 0 Å². The van der Waals surface area contributed by atoms with Gasteiger partial charge in [-0.05, 0) is 66.9 Å². The molecular formula is C34H34N6O4. The number of morpholine rings is 1. The van der Waals surface area contributed by atoms with E-state index in [1.165, 1.54) is 10.8 Å². The fourth-order valence-corrected chi connectivity index (χ4v) is 5.83. The van der Waals surface area contributed by atoms with Crippen LogP contribution in [0, 0.1) is 13.8 Å². The van der Waals surface area contributed by atoms with Crippen LogP contribution in [-0.2, 0) is 18.8 Å². The Morgan fingerprint density at radius 3 is 2.45 bits per heavy atom. The molecule has 1 fully saturated rings. The first-order chi connectivity index (χ1) is 21.1. The zero-order valence-electron chi connectivity index (χ0n) is 25.2. The van der Waals surface area contributed by atoms with E-state index in [2.05, 4.69) is 10.3 Å². The Hall–Kier alpha value is -5.22. The van der Waals surface area contributed by atoms with Crippen LogP contribution in [0.3, 0.4) is 0 Å². The number of benzene rings is 2. The van der Waals surface area contributed by atoms with Crippen molar-refractivity contribution in [2.45, 2.75) is 13.8 Å². The van der Waals surface area contributed by atoms with Crippen molar-refractivity contribution in [3.63, 3.8) is 0 Å². The van der Waals surface area contributed by atoms with Crippen LogP contribution in [0.2, 0.25) is 0 Å². The number of aryl methyl sites for hydroxylation is 2. The van der Waals surface area contributed by atoms with Crippen molar-refractivity contribution in [3.8, 4) is 22.3 Å². The number of hydrogen-bond acceptors (Lipinski definition) is 7. The third-order valence-corrected chi connectivity index (χ3v) is 8.39. The molecule has 0 aliphatic carbocycles. The number of ether oxygens (including phenoxy) is 1. The summed E-state index contributed by atoms with van der Waals surface area (Å²) in [6.07, 6.45) is 3.30. The molecule has 224 valence electrons. The summed E-state index contributed by atoms with van der Waals surface area (Å²) in [6.45, 7) is 6.07. The molecule has 1 aliphatic rings. The van der Waals surface area contributed by atoms with E-state index in [0.717, 1.165) is 33.5 Å². The lowest BCUT2D eigenvalue weighted by molar-refractivity contribution is 0.0302. The van der Waals surface area contributed by atoms with Crippen molar-refractivity contribution in [3.05, 3.63) is 104 Å². The minimum absolute atomic E-state index is 0.0553. The fourth-order valence-electron chi connectivity index (χ4n) is 5.83. The molecule has 0 spiro atoms. The summed E-state index contributed by atoms with van der Waals surface area (Å²) in [5, 5.41) is 3.73. The van der Waals surface area contributed by atoms with Crippen LogP contribution in [0.25, 0.3) is 33.2 Å². The van der Waals surface area contributed by atoms with Gasteiger partial charge in [-0.1, -0.05) is 18.2 Å². The Morgan fingerprint density at radius 1 is 0.977 bits per heavy atom. The molecule has 2 aromatic carbocycles. The van der Waals surface area contributed by atoms with Crippen LogP contribution in [0.5, 0.6) is 0 Å². The topological polar surface area (TPSA) is 124 Å². The van der Waals surface area contributed by atoms with Gasteiger partial charge in [0.1, 0.15) is 11.5 Å². The average Bonchev–Trinajstić information content (AvgIpc) is 3.03. The number of nitrogens with one attached hydrogen (secondary N) is 1. The molecule has 3 N–H and O–H groups in total. The van der Waals surface area contributed by atoms with Gasteiger partial charge in [0.2, 0.25) is 0 Å². The van der Waals surface area contributed by atoms with Gasteiger partial charge < -0.3 is 29.8 Å². The zero-order valence-corrected chi connectivity index (χ0v) is 25.2. The minimum Gasteiger partial charge on any atom is -0.399 e. The predicted octanol–water partition coefficient (Wildman–Crippen LogP) is 4.38. The maximum atomic E-state index is 13.8. The third kappa shape index (κ3) is 5.13. The number of nitrogens with two attached hydrogens (primary N) is 1. The standard InChI is InChI=1S/C34H34N6O4/c1-20-25(6-5-7-26(20)31-21(2)39(4)29-17-24(35)9-10-27(29)32(31)41)23-16-28(34(43)38(3)19-23)37-30-11-8-22(18-36-30)33(42)40-12-14-44-15-13-40/h5-11,16-19H,12-15,35H2,1-4H3,(H,36,37). The average molecular weight is 591 g/mol. The third-order valence-electron chi connectivity index (χ3n) is 8.39. The first kappa shape index (κ1) is 28.9. The summed E-state index contributed by atoms with van der Waals surface area (Å²) in [5.41, 5.74) is 12.8. The number of pyridine rings is 3. The summed E-state index contributed by atoms with van der Waals surface area (Å²) in [6, 6.07) is 16.4. The quantitative estimate of drug-likeness (QED) is 0.291. The van der Waals surface area contributed by atoms with Gasteiger partial charge in [-0.3, -0.25) is 14.4 Å². The van der Waals surface area contributed by atoms with E-state index in [1.807, 2.05) is 49.7 Å². The molecule has 4 heterocycles. The Kier molecular flexibility index (Phi) is 7.52. The summed E-state index contributed by atoms with van der Waals surface area (Å²) < 4.78 is 8.85. The molecular weight excluding hydrogens is 556 g/mol. The van der Waals surface area contributed by atoms with E-state index >= 15 is 0 Å². The van der Waals surface area contributed by atoms with Gasteiger partial charge in [-0.2, -0.15) is 0 Å². The van der Waals surface area contributed by atoms with Gasteiger partial charge in [0, 0.05) is 67.5 Å². The molecule has 44 heavy (non-hydrogen) atoms. The van der Waals surface area contributed by atoms with Crippen molar-refractivity contribution in [1.82, 2.24) is 19.0 Å². The van der Waals surface area contributed by atoms with Gasteiger partial charge in [-0.15, -0.1) is 0 Å². The number of aromatic nitrogens is 3. The van der Waals surface area contributed by atoms with Crippen LogP contribution in [-0.4, -0.2) is 51.2 Å². The molecule has 1 aliphatic heterocycles. The Morgan fingerprint density at radius 2 is 1.73 bits per heavy atom. The normalized spacial score (nSPS) is 13.3. The summed E-state index contributed by atoms with van der Waals surface area (Å²) in [7, 11) is 3.63. The number of carbonyl (C=O) groups excluding carboxylic acids is 1. The zero-order chi connectivity index (χ0) is 31.1. The second kappa shape index (κ2) is 11.5. The molecule has 0 bridgehead atoms. The lowest BCUT2D eigenvalue weighted by Crippen LogP contribution is -2.40. The first-order valence-corrected chi connectivity index (χ1v) is 14.4. The number of carbonyl (C=O) groups is 1. The molecule has 0 atom stereocenters. The lowest BCUT2D eigenvalue weighted by atomic mass is 9.91. The number of nitrogen functional groups attached to an aromatic ring is 1. The highest BCUT2D eigenvalue weighted by molar-refractivity contribution is 5.94. The second-order valence-electron chi connectivity index (χ2n) is 11.1. The number of hydrogen-bond donors (Lipinski definition) is 2. The Bertz CT molecular complexity index is 2040. The van der Waals surface area contributed by atoms with Crippen LogP contribution in [0.1, 0.15) is 21.6 Å². The molecule has 10 heteroatoms. The molecule has 1 saturated heterocycles. The first-order valence-electron chi connectivity index (χ1n) is 14.4. The van der Waals surface area contributed by atoms with E-state index in [1.54, 1.807) is 48.5 Å². The van der Waals surface area contributed by atoms with E-state index in [0.29, 0.717) is 60.0 Å². The molecule has 1 amide bonds. The molecule has 3 aromatic heterocycles. The number of amides is 1. The van der Waals surface area contributed by atoms with E-state index in [-0.39, 0.29) is 16.9 Å². The Balaban J connectivity index is 1.36. The number of nitrogens with zero attached hydrogens (tertiary/aromatic N) is 4. The highest BCUT2D eigenvalue weighted by Crippen LogP contribution is 2.33. The molecule has 10 nitrogen and oxygen atoms in total. The minimum atomic E-state index is -0.226. The maximum absolute atomic E-state index is 13.8. The molecule has 0 unspecified atom stereocenters. The predicted molar refractivity (Wildman–Crippen MR) is 173 cm³/mol. The number of anilines is 3. The highest BCUT2D eigenvalue weighted by Gasteiger charge is 2.20. The van der Waals surface area contributed by atoms with Crippen LogP contribution >= 0.6 is 0 Å². The lowest BCUT2D eigenvalue weighted by Gasteiger charge is -2.26. The van der Waals surface area contributed by atoms with Crippen LogP contribution < -0.4 is 22.0 Å². The summed E-state index contributed by atoms with van der Waals surface area (Å²) >= 11 is 0. The number of rotatable bonds is 5. The van der Waals surface area contributed by atoms with E-state index in [4.69, 9.17) is 10.5 Å². The largest absolute Gasteiger partial charge is 0.399 e. The highest BCUT2D eigenvalue weighted by atomic mass is 16.5.